The number of hydrogen-bond donors (Lipinski definition) is 6. The van der Waals surface area contributed by atoms with Crippen LogP contribution in [0.1, 0.15) is 48.3 Å². The van der Waals surface area contributed by atoms with Gasteiger partial charge in [-0.25, -0.2) is 9.59 Å². The number of rotatable bonds is 14. The van der Waals surface area contributed by atoms with E-state index in [2.05, 4.69) is 21.3 Å². The van der Waals surface area contributed by atoms with E-state index < -0.39 is 24.1 Å². The molecule has 1 aliphatic carbocycles. The quantitative estimate of drug-likeness (QED) is 0.158. The van der Waals surface area contributed by atoms with Crippen molar-refractivity contribution in [1.29, 1.82) is 0 Å². The van der Waals surface area contributed by atoms with Crippen molar-refractivity contribution in [3.05, 3.63) is 89.5 Å². The molecule has 3 aromatic rings. The predicted octanol–water partition coefficient (Wildman–Crippen LogP) is 3.37. The number of amides is 5. The summed E-state index contributed by atoms with van der Waals surface area (Å²) in [5, 5.41) is 19.8. The molecule has 43 heavy (non-hydrogen) atoms. The zero-order valence-electron chi connectivity index (χ0n) is 23.8. The third kappa shape index (κ3) is 8.79. The Bertz CT molecular complexity index is 1380. The van der Waals surface area contributed by atoms with Gasteiger partial charge in [-0.05, 0) is 59.2 Å². The molecule has 0 radical (unpaired) electrons. The van der Waals surface area contributed by atoms with Gasteiger partial charge in [0.25, 0.3) is 0 Å². The molecule has 4 rings (SSSR count). The largest absolute Gasteiger partial charge is 0.449 e. The molecule has 226 valence electrons. The van der Waals surface area contributed by atoms with E-state index in [1.165, 1.54) is 0 Å². The number of nitrogens with two attached hydrogens (primary N) is 1. The number of alkyl carbamates (subject to hydrolysis) is 1. The Labute approximate surface area is 250 Å². The Balaban J connectivity index is 1.27. The highest BCUT2D eigenvalue weighted by atomic mass is 16.5. The van der Waals surface area contributed by atoms with Gasteiger partial charge in [0.15, 0.2) is 0 Å². The second-order valence-corrected chi connectivity index (χ2v) is 10.3. The molecule has 1 atom stereocenters. The molecule has 11 heteroatoms. The third-order valence-corrected chi connectivity index (χ3v) is 7.22. The summed E-state index contributed by atoms with van der Waals surface area (Å²) in [6.07, 6.45) is 0.460. The first kappa shape index (κ1) is 31.0. The summed E-state index contributed by atoms with van der Waals surface area (Å²) >= 11 is 0. The van der Waals surface area contributed by atoms with E-state index in [0.29, 0.717) is 18.5 Å². The summed E-state index contributed by atoms with van der Waals surface area (Å²) in [5.74, 6) is -0.756. The minimum absolute atomic E-state index is 0.0767. The van der Waals surface area contributed by atoms with Crippen LogP contribution in [0.2, 0.25) is 0 Å². The van der Waals surface area contributed by atoms with Crippen molar-refractivity contribution in [2.24, 2.45) is 5.73 Å². The van der Waals surface area contributed by atoms with Crippen LogP contribution in [0.4, 0.5) is 15.3 Å². The average molecular weight is 588 g/mol. The standard InChI is InChI=1S/C32H37N5O6/c33-31(41)35-18-5-11-28(30(40)34-17-6-12-29(39)36-22-15-13-21(19-38)14-16-22)37-32(42)43-20-27-25-9-3-1-7-23(25)24-8-2-4-10-26(24)27/h1-4,7-10,13-16,27-28,38H,5-6,11-12,17-20H2,(H,34,40)(H,36,39)(H,37,42)(H3,33,35,41)/t28-/m0/s1. The van der Waals surface area contributed by atoms with E-state index in [1.807, 2.05) is 48.5 Å². The van der Waals surface area contributed by atoms with Crippen LogP contribution in [-0.4, -0.2) is 54.8 Å². The lowest BCUT2D eigenvalue weighted by atomic mass is 9.98. The van der Waals surface area contributed by atoms with E-state index in [0.717, 1.165) is 27.8 Å². The second-order valence-electron chi connectivity index (χ2n) is 10.3. The van der Waals surface area contributed by atoms with Gasteiger partial charge in [-0.2, -0.15) is 0 Å². The van der Waals surface area contributed by atoms with Gasteiger partial charge in [0.05, 0.1) is 6.61 Å². The molecule has 1 aliphatic rings. The number of hydrogen-bond acceptors (Lipinski definition) is 6. The number of urea groups is 1. The molecule has 0 heterocycles. The van der Waals surface area contributed by atoms with E-state index in [9.17, 15) is 19.2 Å². The van der Waals surface area contributed by atoms with Crippen LogP contribution in [0.25, 0.3) is 11.1 Å². The minimum atomic E-state index is -0.913. The number of aliphatic hydroxyl groups excluding tert-OH is 1. The van der Waals surface area contributed by atoms with Gasteiger partial charge < -0.3 is 36.8 Å². The summed E-state index contributed by atoms with van der Waals surface area (Å²) < 4.78 is 5.61. The van der Waals surface area contributed by atoms with Crippen molar-refractivity contribution < 1.29 is 29.0 Å². The molecule has 0 spiro atoms. The van der Waals surface area contributed by atoms with Crippen LogP contribution in [0.5, 0.6) is 0 Å². The Morgan fingerprint density at radius 2 is 1.47 bits per heavy atom. The number of nitrogens with one attached hydrogen (secondary N) is 4. The molecule has 0 aliphatic heterocycles. The lowest BCUT2D eigenvalue weighted by Crippen LogP contribution is -2.47. The summed E-state index contributed by atoms with van der Waals surface area (Å²) in [4.78, 5) is 49.1. The number of aliphatic hydroxyl groups is 1. The number of fused-ring (bicyclic) bond motifs is 3. The lowest BCUT2D eigenvalue weighted by Gasteiger charge is -2.20. The number of carbonyl (C=O) groups excluding carboxylic acids is 4. The van der Waals surface area contributed by atoms with E-state index >= 15 is 0 Å². The molecule has 0 aromatic heterocycles. The Hall–Kier alpha value is -4.90. The number of anilines is 1. The van der Waals surface area contributed by atoms with Crippen LogP contribution in [0, 0.1) is 0 Å². The maximum absolute atomic E-state index is 13.0. The smallest absolute Gasteiger partial charge is 0.407 e. The lowest BCUT2D eigenvalue weighted by molar-refractivity contribution is -0.123. The first-order valence-electron chi connectivity index (χ1n) is 14.3. The van der Waals surface area contributed by atoms with Crippen LogP contribution in [-0.2, 0) is 20.9 Å². The van der Waals surface area contributed by atoms with Crippen molar-refractivity contribution in [3.8, 4) is 11.1 Å². The first-order valence-corrected chi connectivity index (χ1v) is 14.3. The molecule has 11 nitrogen and oxygen atoms in total. The predicted molar refractivity (Wildman–Crippen MR) is 162 cm³/mol. The number of ether oxygens (including phenoxy) is 1. The maximum atomic E-state index is 13.0. The fourth-order valence-electron chi connectivity index (χ4n) is 5.07. The van der Waals surface area contributed by atoms with Crippen molar-refractivity contribution in [2.75, 3.05) is 25.0 Å². The maximum Gasteiger partial charge on any atom is 0.407 e. The molecule has 5 amide bonds. The zero-order valence-corrected chi connectivity index (χ0v) is 23.8. The van der Waals surface area contributed by atoms with Gasteiger partial charge in [-0.3, -0.25) is 9.59 Å². The van der Waals surface area contributed by atoms with Crippen molar-refractivity contribution in [3.63, 3.8) is 0 Å². The summed E-state index contributed by atoms with van der Waals surface area (Å²) in [5.41, 5.74) is 10.9. The van der Waals surface area contributed by atoms with Gasteiger partial charge in [-0.15, -0.1) is 0 Å². The van der Waals surface area contributed by atoms with Crippen LogP contribution in [0.3, 0.4) is 0 Å². The molecule has 0 fully saturated rings. The Kier molecular flexibility index (Phi) is 11.1. The summed E-state index contributed by atoms with van der Waals surface area (Å²) in [6, 6.07) is 21.3. The van der Waals surface area contributed by atoms with Crippen molar-refractivity contribution >= 4 is 29.6 Å². The monoisotopic (exact) mass is 587 g/mol. The number of benzene rings is 3. The SMILES string of the molecule is NC(=O)NCCC[C@H](NC(=O)OCC1c2ccccc2-c2ccccc21)C(=O)NCCCC(=O)Nc1ccc(CO)cc1. The normalized spacial score (nSPS) is 12.4. The van der Waals surface area contributed by atoms with Gasteiger partial charge in [0.2, 0.25) is 11.8 Å². The van der Waals surface area contributed by atoms with Crippen LogP contribution in [0.15, 0.2) is 72.8 Å². The van der Waals surface area contributed by atoms with Crippen LogP contribution >= 0.6 is 0 Å². The van der Waals surface area contributed by atoms with Gasteiger partial charge in [0, 0.05) is 31.1 Å². The fraction of sp³-hybridized carbons (Fsp3) is 0.312. The molecular formula is C32H37N5O6. The highest BCUT2D eigenvalue weighted by molar-refractivity contribution is 5.90. The zero-order chi connectivity index (χ0) is 30.6. The van der Waals surface area contributed by atoms with E-state index in [-0.39, 0.29) is 51.0 Å². The van der Waals surface area contributed by atoms with Gasteiger partial charge >= 0.3 is 12.1 Å². The molecular weight excluding hydrogens is 550 g/mol. The Morgan fingerprint density at radius 3 is 2.09 bits per heavy atom. The highest BCUT2D eigenvalue weighted by Gasteiger charge is 2.29. The number of primary amides is 1. The van der Waals surface area contributed by atoms with E-state index in [1.54, 1.807) is 24.3 Å². The highest BCUT2D eigenvalue weighted by Crippen LogP contribution is 2.44. The van der Waals surface area contributed by atoms with E-state index in [4.69, 9.17) is 15.6 Å². The topological polar surface area (TPSA) is 172 Å². The molecule has 0 saturated carbocycles. The Morgan fingerprint density at radius 1 is 0.837 bits per heavy atom. The average Bonchev–Trinajstić information content (AvgIpc) is 3.33. The van der Waals surface area contributed by atoms with Crippen molar-refractivity contribution in [1.82, 2.24) is 16.0 Å². The molecule has 0 saturated heterocycles. The molecule has 0 bridgehead atoms. The number of carbonyl (C=O) groups is 4. The third-order valence-electron chi connectivity index (χ3n) is 7.22. The van der Waals surface area contributed by atoms with Crippen LogP contribution < -0.4 is 27.0 Å². The molecule has 0 unspecified atom stereocenters. The summed E-state index contributed by atoms with van der Waals surface area (Å²) in [6.45, 7) is 0.491. The minimum Gasteiger partial charge on any atom is -0.449 e. The molecule has 7 N–H and O–H groups in total. The first-order chi connectivity index (χ1) is 20.9. The van der Waals surface area contributed by atoms with Gasteiger partial charge in [0.1, 0.15) is 12.6 Å². The fourth-order valence-corrected chi connectivity index (χ4v) is 5.07. The second kappa shape index (κ2) is 15.4. The van der Waals surface area contributed by atoms with Crippen molar-refractivity contribution in [2.45, 2.75) is 44.2 Å². The van der Waals surface area contributed by atoms with Gasteiger partial charge in [-0.1, -0.05) is 60.7 Å². The molecule has 3 aromatic carbocycles. The summed E-state index contributed by atoms with van der Waals surface area (Å²) in [7, 11) is 0.